The molecule has 1 heterocycles. The van der Waals surface area contributed by atoms with E-state index in [1.54, 1.807) is 23.0 Å². The summed E-state index contributed by atoms with van der Waals surface area (Å²) < 4.78 is 6.26. The van der Waals surface area contributed by atoms with E-state index in [0.717, 1.165) is 17.7 Å². The third kappa shape index (κ3) is 5.30. The number of benzene rings is 1. The Balaban J connectivity index is 1.81. The average Bonchev–Trinajstić information content (AvgIpc) is 3.21. The van der Waals surface area contributed by atoms with Crippen molar-refractivity contribution in [1.29, 1.82) is 0 Å². The molecule has 1 unspecified atom stereocenters. The summed E-state index contributed by atoms with van der Waals surface area (Å²) >= 11 is 0. The number of hydrogen-bond acceptors (Lipinski definition) is 5. The molecule has 0 aliphatic rings. The van der Waals surface area contributed by atoms with Gasteiger partial charge in [0.2, 0.25) is 0 Å². The van der Waals surface area contributed by atoms with Crippen molar-refractivity contribution in [2.45, 2.75) is 32.2 Å². The first-order valence-electron chi connectivity index (χ1n) is 8.55. The Kier molecular flexibility index (Phi) is 7.13. The molecule has 1 atom stereocenters. The van der Waals surface area contributed by atoms with Crippen LogP contribution in [0.1, 0.15) is 37.8 Å². The van der Waals surface area contributed by atoms with Gasteiger partial charge in [-0.15, -0.1) is 0 Å². The van der Waals surface area contributed by atoms with Gasteiger partial charge >= 0.3 is 12.0 Å². The van der Waals surface area contributed by atoms with Crippen molar-refractivity contribution < 1.29 is 14.3 Å². The fourth-order valence-electron chi connectivity index (χ4n) is 2.46. The number of urea groups is 1. The van der Waals surface area contributed by atoms with Crippen molar-refractivity contribution in [3.8, 4) is 5.69 Å². The highest BCUT2D eigenvalue weighted by atomic mass is 16.5. The van der Waals surface area contributed by atoms with E-state index in [0.29, 0.717) is 19.4 Å². The van der Waals surface area contributed by atoms with E-state index < -0.39 is 0 Å². The molecule has 0 saturated heterocycles. The minimum Gasteiger partial charge on any atom is -0.469 e. The lowest BCUT2D eigenvalue weighted by atomic mass is 10.1. The Morgan fingerprint density at radius 2 is 2.00 bits per heavy atom. The summed E-state index contributed by atoms with van der Waals surface area (Å²) in [6, 6.07) is 7.62. The maximum atomic E-state index is 12.3. The second kappa shape index (κ2) is 9.55. The van der Waals surface area contributed by atoms with Crippen molar-refractivity contribution in [2.24, 2.45) is 0 Å². The van der Waals surface area contributed by atoms with E-state index in [-0.39, 0.29) is 18.0 Å². The Bertz CT molecular complexity index is 700. The van der Waals surface area contributed by atoms with E-state index in [4.69, 9.17) is 0 Å². The van der Waals surface area contributed by atoms with Gasteiger partial charge in [-0.05, 0) is 37.5 Å². The summed E-state index contributed by atoms with van der Waals surface area (Å²) in [6.45, 7) is 2.50. The highest BCUT2D eigenvalue weighted by Gasteiger charge is 2.17. The van der Waals surface area contributed by atoms with Crippen molar-refractivity contribution in [3.05, 3.63) is 42.5 Å². The van der Waals surface area contributed by atoms with E-state index in [2.05, 4.69) is 20.1 Å². The molecule has 0 spiro atoms. The minimum atomic E-state index is -0.226. The molecule has 2 rings (SSSR count). The molecular weight excluding hydrogens is 334 g/mol. The molecule has 0 aliphatic carbocycles. The quantitative estimate of drug-likeness (QED) is 0.577. The van der Waals surface area contributed by atoms with Gasteiger partial charge in [0, 0.05) is 20.0 Å². The fourth-order valence-corrected chi connectivity index (χ4v) is 2.46. The first-order chi connectivity index (χ1) is 12.5. The number of nitrogens with zero attached hydrogens (tertiary/aromatic N) is 4. The lowest BCUT2D eigenvalue weighted by Gasteiger charge is -2.25. The van der Waals surface area contributed by atoms with Crippen LogP contribution in [0.2, 0.25) is 0 Å². The van der Waals surface area contributed by atoms with Crippen molar-refractivity contribution >= 4 is 12.0 Å². The van der Waals surface area contributed by atoms with Gasteiger partial charge in [0.1, 0.15) is 12.7 Å². The summed E-state index contributed by atoms with van der Waals surface area (Å²) in [5.41, 5.74) is 1.94. The summed E-state index contributed by atoms with van der Waals surface area (Å²) in [5, 5.41) is 6.96. The smallest absolute Gasteiger partial charge is 0.317 e. The van der Waals surface area contributed by atoms with Crippen LogP contribution in [0, 0.1) is 0 Å². The largest absolute Gasteiger partial charge is 0.469 e. The molecule has 140 valence electrons. The molecule has 8 heteroatoms. The predicted octanol–water partition coefficient (Wildman–Crippen LogP) is 2.31. The van der Waals surface area contributed by atoms with Gasteiger partial charge in [0.05, 0.1) is 18.8 Å². The van der Waals surface area contributed by atoms with Crippen molar-refractivity contribution in [1.82, 2.24) is 25.0 Å². The number of methoxy groups -OCH3 is 1. The molecule has 8 nitrogen and oxygen atoms in total. The van der Waals surface area contributed by atoms with Gasteiger partial charge in [0.15, 0.2) is 0 Å². The molecule has 0 radical (unpaired) electrons. The molecular formula is C18H25N5O3. The van der Waals surface area contributed by atoms with Crippen LogP contribution in [-0.4, -0.2) is 52.4 Å². The number of carbonyl (C=O) groups excluding carboxylic acids is 2. The van der Waals surface area contributed by atoms with E-state index >= 15 is 0 Å². The summed E-state index contributed by atoms with van der Waals surface area (Å²) in [5.74, 6) is -0.226. The molecule has 0 aliphatic heterocycles. The van der Waals surface area contributed by atoms with Crippen LogP contribution in [0.5, 0.6) is 0 Å². The molecule has 1 aromatic carbocycles. The van der Waals surface area contributed by atoms with Crippen LogP contribution in [0.15, 0.2) is 36.9 Å². The van der Waals surface area contributed by atoms with Crippen LogP contribution >= 0.6 is 0 Å². The number of rotatable bonds is 8. The number of unbranched alkanes of at least 4 members (excludes halogenated alkanes) is 1. The van der Waals surface area contributed by atoms with Crippen molar-refractivity contribution in [3.63, 3.8) is 0 Å². The summed E-state index contributed by atoms with van der Waals surface area (Å²) in [6.07, 6.45) is 4.92. The lowest BCUT2D eigenvalue weighted by molar-refractivity contribution is -0.140. The summed E-state index contributed by atoms with van der Waals surface area (Å²) in [7, 11) is 3.14. The van der Waals surface area contributed by atoms with Gasteiger partial charge in [-0.25, -0.2) is 14.5 Å². The van der Waals surface area contributed by atoms with Crippen LogP contribution in [0.25, 0.3) is 5.69 Å². The normalized spacial score (nSPS) is 11.7. The topological polar surface area (TPSA) is 89.4 Å². The van der Waals surface area contributed by atoms with Gasteiger partial charge in [-0.3, -0.25) is 4.79 Å². The predicted molar refractivity (Wildman–Crippen MR) is 96.8 cm³/mol. The maximum Gasteiger partial charge on any atom is 0.317 e. The second-order valence-corrected chi connectivity index (χ2v) is 5.98. The number of carbonyl (C=O) groups is 2. The Morgan fingerprint density at radius 1 is 1.27 bits per heavy atom. The highest BCUT2D eigenvalue weighted by Crippen LogP contribution is 2.20. The Morgan fingerprint density at radius 3 is 2.62 bits per heavy atom. The number of amides is 2. The van der Waals surface area contributed by atoms with E-state index in [1.165, 1.54) is 13.4 Å². The van der Waals surface area contributed by atoms with Crippen LogP contribution in [0.3, 0.4) is 0 Å². The zero-order chi connectivity index (χ0) is 18.9. The standard InChI is InChI=1S/C18H25N5O3/c1-14(15-7-9-16(10-8-15)23-13-19-12-21-23)22(2)18(25)20-11-5-4-6-17(24)26-3/h7-10,12-14H,4-6,11H2,1-3H3,(H,20,25). The zero-order valence-electron chi connectivity index (χ0n) is 15.4. The Labute approximate surface area is 153 Å². The maximum absolute atomic E-state index is 12.3. The SMILES string of the molecule is COC(=O)CCCCNC(=O)N(C)C(C)c1ccc(-n2cncn2)cc1. The second-order valence-electron chi connectivity index (χ2n) is 5.98. The number of hydrogen-bond donors (Lipinski definition) is 1. The molecule has 26 heavy (non-hydrogen) atoms. The molecule has 0 bridgehead atoms. The number of nitrogens with one attached hydrogen (secondary N) is 1. The van der Waals surface area contributed by atoms with Crippen molar-refractivity contribution in [2.75, 3.05) is 20.7 Å². The van der Waals surface area contributed by atoms with Gasteiger partial charge in [0.25, 0.3) is 0 Å². The minimum absolute atomic E-state index is 0.0742. The van der Waals surface area contributed by atoms with E-state index in [9.17, 15) is 9.59 Å². The molecule has 2 aromatic rings. The molecule has 0 saturated carbocycles. The first-order valence-corrected chi connectivity index (χ1v) is 8.55. The van der Waals surface area contributed by atoms with Gasteiger partial charge in [-0.1, -0.05) is 12.1 Å². The molecule has 0 fully saturated rings. The molecule has 2 amide bonds. The Hall–Kier alpha value is -2.90. The van der Waals surface area contributed by atoms with E-state index in [1.807, 2.05) is 31.2 Å². The molecule has 1 N–H and O–H groups in total. The third-order valence-corrected chi connectivity index (χ3v) is 4.27. The zero-order valence-corrected chi connectivity index (χ0v) is 15.4. The van der Waals surface area contributed by atoms with Gasteiger partial charge in [-0.2, -0.15) is 5.10 Å². The summed E-state index contributed by atoms with van der Waals surface area (Å²) in [4.78, 5) is 28.9. The van der Waals surface area contributed by atoms with Crippen LogP contribution in [0.4, 0.5) is 4.79 Å². The van der Waals surface area contributed by atoms with Crippen LogP contribution < -0.4 is 5.32 Å². The third-order valence-electron chi connectivity index (χ3n) is 4.27. The first kappa shape index (κ1) is 19.4. The number of aromatic nitrogens is 3. The number of ether oxygens (including phenoxy) is 1. The molecule has 1 aromatic heterocycles. The van der Waals surface area contributed by atoms with Crippen LogP contribution in [-0.2, 0) is 9.53 Å². The monoisotopic (exact) mass is 359 g/mol. The average molecular weight is 359 g/mol. The fraction of sp³-hybridized carbons (Fsp3) is 0.444. The van der Waals surface area contributed by atoms with Gasteiger partial charge < -0.3 is 15.0 Å². The highest BCUT2D eigenvalue weighted by molar-refractivity contribution is 5.74. The lowest BCUT2D eigenvalue weighted by Crippen LogP contribution is -2.39. The number of esters is 1.